The lowest BCUT2D eigenvalue weighted by Gasteiger charge is -2.35. The first-order chi connectivity index (χ1) is 16.5. The maximum atomic E-state index is 13.3. The lowest BCUT2D eigenvalue weighted by Crippen LogP contribution is -2.39. The van der Waals surface area contributed by atoms with Gasteiger partial charge in [-0.3, -0.25) is 9.79 Å². The highest BCUT2D eigenvalue weighted by atomic mass is 16.6. The quantitative estimate of drug-likeness (QED) is 0.454. The van der Waals surface area contributed by atoms with Crippen LogP contribution >= 0.6 is 0 Å². The summed E-state index contributed by atoms with van der Waals surface area (Å²) in [6.45, 7) is 4.24. The first-order valence-corrected chi connectivity index (χ1v) is 11.6. The Morgan fingerprint density at radius 1 is 1.06 bits per heavy atom. The zero-order chi connectivity index (χ0) is 24.1. The lowest BCUT2D eigenvalue weighted by molar-refractivity contribution is -0.140. The summed E-state index contributed by atoms with van der Waals surface area (Å²) in [5, 5.41) is 10.2. The zero-order valence-electron chi connectivity index (χ0n) is 19.5. The standard InChI is InChI=1S/C27H29NO6/c1-3-32-23-16-18(12-13-21(23)29)25-24(17(2)28-20-10-7-11-22(30)26(20)25)27(31)34-15-14-33-19-8-5-4-6-9-19/h4-6,8-9,12-13,16,25-26,29H,3,7,10-11,14-15H2,1-2H3/t25-,26?/m1/s1. The molecule has 0 saturated heterocycles. The molecule has 1 N–H and O–H groups in total. The van der Waals surface area contributed by atoms with Crippen molar-refractivity contribution in [1.29, 1.82) is 0 Å². The molecule has 0 aromatic heterocycles. The Morgan fingerprint density at radius 3 is 2.62 bits per heavy atom. The van der Waals surface area contributed by atoms with Crippen LogP contribution in [-0.2, 0) is 14.3 Å². The number of ketones is 1. The van der Waals surface area contributed by atoms with Gasteiger partial charge in [-0.15, -0.1) is 0 Å². The maximum Gasteiger partial charge on any atom is 0.336 e. The van der Waals surface area contributed by atoms with Crippen molar-refractivity contribution in [2.45, 2.75) is 39.0 Å². The smallest absolute Gasteiger partial charge is 0.336 e. The first-order valence-electron chi connectivity index (χ1n) is 11.6. The van der Waals surface area contributed by atoms with Crippen LogP contribution < -0.4 is 9.47 Å². The van der Waals surface area contributed by atoms with Gasteiger partial charge in [-0.25, -0.2) is 4.79 Å². The molecular formula is C27H29NO6. The molecule has 7 nitrogen and oxygen atoms in total. The summed E-state index contributed by atoms with van der Waals surface area (Å²) in [5.74, 6) is -0.527. The van der Waals surface area contributed by atoms with E-state index in [4.69, 9.17) is 14.2 Å². The van der Waals surface area contributed by atoms with Gasteiger partial charge in [-0.05, 0) is 56.5 Å². The maximum absolute atomic E-state index is 13.3. The van der Waals surface area contributed by atoms with Gasteiger partial charge in [0, 0.05) is 23.7 Å². The minimum atomic E-state index is -0.553. The van der Waals surface area contributed by atoms with E-state index in [1.54, 1.807) is 19.1 Å². The molecule has 178 valence electrons. The van der Waals surface area contributed by atoms with Gasteiger partial charge in [0.05, 0.1) is 18.1 Å². The van der Waals surface area contributed by atoms with Crippen molar-refractivity contribution in [3.63, 3.8) is 0 Å². The Hall–Kier alpha value is -3.61. The fourth-order valence-corrected chi connectivity index (χ4v) is 4.63. The number of para-hydroxylation sites is 1. The number of carbonyl (C=O) groups is 2. The van der Waals surface area contributed by atoms with Crippen LogP contribution in [-0.4, -0.2) is 42.4 Å². The van der Waals surface area contributed by atoms with Crippen LogP contribution in [0.25, 0.3) is 0 Å². The lowest BCUT2D eigenvalue weighted by atomic mass is 9.69. The van der Waals surface area contributed by atoms with Crippen LogP contribution in [0.1, 0.15) is 44.6 Å². The van der Waals surface area contributed by atoms with Crippen molar-refractivity contribution in [3.05, 3.63) is 65.4 Å². The number of nitrogens with zero attached hydrogens (tertiary/aromatic N) is 1. The molecule has 1 heterocycles. The summed E-state index contributed by atoms with van der Waals surface area (Å²) in [5.41, 5.74) is 2.41. The molecule has 34 heavy (non-hydrogen) atoms. The summed E-state index contributed by atoms with van der Waals surface area (Å²) >= 11 is 0. The molecule has 2 aromatic carbocycles. The van der Waals surface area contributed by atoms with Crippen molar-refractivity contribution in [3.8, 4) is 17.2 Å². The molecule has 4 rings (SSSR count). The van der Waals surface area contributed by atoms with Gasteiger partial charge in [0.1, 0.15) is 24.7 Å². The van der Waals surface area contributed by atoms with Gasteiger partial charge in [0.25, 0.3) is 0 Å². The van der Waals surface area contributed by atoms with Gasteiger partial charge in [-0.1, -0.05) is 24.3 Å². The Bertz CT molecular complexity index is 1120. The van der Waals surface area contributed by atoms with Gasteiger partial charge in [0.15, 0.2) is 11.5 Å². The summed E-state index contributed by atoms with van der Waals surface area (Å²) in [7, 11) is 0. The van der Waals surface area contributed by atoms with E-state index in [0.29, 0.717) is 47.8 Å². The predicted octanol–water partition coefficient (Wildman–Crippen LogP) is 4.59. The van der Waals surface area contributed by atoms with E-state index in [0.717, 1.165) is 12.1 Å². The molecule has 7 heteroatoms. The SMILES string of the molecule is CCOc1cc([C@@H]2C(C(=O)OCCOc3ccccc3)=C(C)N=C3CCCC(=O)C32)ccc1O. The predicted molar refractivity (Wildman–Crippen MR) is 127 cm³/mol. The zero-order valence-corrected chi connectivity index (χ0v) is 19.5. The molecule has 1 aliphatic heterocycles. The summed E-state index contributed by atoms with van der Waals surface area (Å²) in [6, 6.07) is 14.3. The molecule has 1 fully saturated rings. The molecule has 2 aliphatic rings. The number of esters is 1. The fourth-order valence-electron chi connectivity index (χ4n) is 4.63. The number of fused-ring (bicyclic) bond motifs is 1. The van der Waals surface area contributed by atoms with Crippen LogP contribution in [0.4, 0.5) is 0 Å². The molecule has 1 aliphatic carbocycles. The van der Waals surface area contributed by atoms with E-state index in [-0.39, 0.29) is 24.7 Å². The fraction of sp³-hybridized carbons (Fsp3) is 0.370. The van der Waals surface area contributed by atoms with Crippen LogP contribution in [0.15, 0.2) is 64.8 Å². The van der Waals surface area contributed by atoms with Gasteiger partial charge in [-0.2, -0.15) is 0 Å². The summed E-state index contributed by atoms with van der Waals surface area (Å²) in [6.07, 6.45) is 1.92. The normalized spacial score (nSPS) is 19.8. The van der Waals surface area contributed by atoms with E-state index < -0.39 is 17.8 Å². The number of hydrogen-bond donors (Lipinski definition) is 1. The highest BCUT2D eigenvalue weighted by molar-refractivity contribution is 6.11. The topological polar surface area (TPSA) is 94.4 Å². The number of aromatic hydroxyl groups is 1. The molecule has 2 atom stereocenters. The van der Waals surface area contributed by atoms with E-state index in [9.17, 15) is 14.7 Å². The van der Waals surface area contributed by atoms with E-state index in [1.165, 1.54) is 6.07 Å². The van der Waals surface area contributed by atoms with Crippen molar-refractivity contribution in [1.82, 2.24) is 0 Å². The summed E-state index contributed by atoms with van der Waals surface area (Å²) < 4.78 is 16.7. The minimum absolute atomic E-state index is 0.00756. The number of allylic oxidation sites excluding steroid dienone is 1. The van der Waals surface area contributed by atoms with Crippen molar-refractivity contribution in [2.75, 3.05) is 19.8 Å². The molecule has 0 amide bonds. The van der Waals surface area contributed by atoms with Crippen molar-refractivity contribution < 1.29 is 28.9 Å². The monoisotopic (exact) mass is 463 g/mol. The van der Waals surface area contributed by atoms with Gasteiger partial charge >= 0.3 is 5.97 Å². The number of phenolic OH excluding ortho intramolecular Hbond substituents is 1. The average Bonchev–Trinajstić information content (AvgIpc) is 2.83. The molecule has 0 bridgehead atoms. The number of Topliss-reactive ketones (excluding diaryl/α,β-unsaturated/α-hetero) is 1. The van der Waals surface area contributed by atoms with Gasteiger partial charge < -0.3 is 19.3 Å². The summed E-state index contributed by atoms with van der Waals surface area (Å²) in [4.78, 5) is 30.9. The molecule has 1 saturated carbocycles. The highest BCUT2D eigenvalue weighted by Crippen LogP contribution is 2.44. The van der Waals surface area contributed by atoms with Crippen molar-refractivity contribution in [2.24, 2.45) is 10.9 Å². The van der Waals surface area contributed by atoms with Crippen LogP contribution in [0.3, 0.4) is 0 Å². The third kappa shape index (κ3) is 4.98. The number of hydrogen-bond acceptors (Lipinski definition) is 7. The Morgan fingerprint density at radius 2 is 1.85 bits per heavy atom. The van der Waals surface area contributed by atoms with Crippen molar-refractivity contribution >= 4 is 17.5 Å². The van der Waals surface area contributed by atoms with E-state index in [1.807, 2.05) is 37.3 Å². The van der Waals surface area contributed by atoms with Gasteiger partial charge in [0.2, 0.25) is 0 Å². The van der Waals surface area contributed by atoms with Crippen LogP contribution in [0.5, 0.6) is 17.2 Å². The largest absolute Gasteiger partial charge is 0.504 e. The second kappa shape index (κ2) is 10.5. The molecule has 2 aromatic rings. The van der Waals surface area contributed by atoms with Crippen LogP contribution in [0.2, 0.25) is 0 Å². The molecule has 0 spiro atoms. The molecule has 1 unspecified atom stereocenters. The number of rotatable bonds is 8. The Labute approximate surface area is 199 Å². The van der Waals surface area contributed by atoms with E-state index in [2.05, 4.69) is 4.99 Å². The number of ether oxygens (including phenoxy) is 3. The average molecular weight is 464 g/mol. The third-order valence-electron chi connectivity index (χ3n) is 6.10. The highest BCUT2D eigenvalue weighted by Gasteiger charge is 2.44. The number of aliphatic imine (C=N–C) groups is 1. The first kappa shape index (κ1) is 23.5. The van der Waals surface area contributed by atoms with Crippen LogP contribution in [0, 0.1) is 5.92 Å². The third-order valence-corrected chi connectivity index (χ3v) is 6.10. The second-order valence-corrected chi connectivity index (χ2v) is 8.34. The Kier molecular flexibility index (Phi) is 7.30. The Balaban J connectivity index is 1.61. The molecule has 0 radical (unpaired) electrons. The minimum Gasteiger partial charge on any atom is -0.504 e. The second-order valence-electron chi connectivity index (χ2n) is 8.34. The number of benzene rings is 2. The number of carbonyl (C=O) groups excluding carboxylic acids is 2. The molecular weight excluding hydrogens is 434 g/mol. The van der Waals surface area contributed by atoms with E-state index >= 15 is 0 Å². The number of phenols is 1.